The Balaban J connectivity index is 0.00000740. The van der Waals surface area contributed by atoms with Crippen molar-refractivity contribution in [3.8, 4) is 23.3 Å². The molecule has 6 aliphatic rings. The number of carboxylic acids is 1. The van der Waals surface area contributed by atoms with Crippen LogP contribution in [0.5, 0.6) is 11.5 Å². The number of carbonyl (C=O) groups is 2. The molecule has 10 rings (SSSR count). The molecule has 6 aliphatic heterocycles. The molecule has 3 aromatic carbocycles. The van der Waals surface area contributed by atoms with Crippen LogP contribution in [0.3, 0.4) is 0 Å². The number of aryl methyl sites for hydroxylation is 2. The molecule has 0 radical (unpaired) electrons. The largest absolute Gasteiger partial charge is 0.478 e. The molecule has 0 saturated carbocycles. The number of rotatable bonds is 18. The molecule has 2 unspecified atom stereocenters. The van der Waals surface area contributed by atoms with E-state index in [2.05, 4.69) is 58.1 Å². The Bertz CT molecular complexity index is 3480. The number of aromatic nitrogens is 2. The predicted octanol–water partition coefficient (Wildman–Crippen LogP) is 4.54. The van der Waals surface area contributed by atoms with Crippen LogP contribution in [0.4, 0.5) is 5.69 Å². The maximum Gasteiger partial charge on any atom is 0.337 e. The van der Waals surface area contributed by atoms with E-state index in [1.807, 2.05) is 0 Å². The summed E-state index contributed by atoms with van der Waals surface area (Å²) in [4.78, 5) is 81.3. The molecule has 7 heterocycles. The Kier molecular flexibility index (Phi) is 16.2. The van der Waals surface area contributed by atoms with Gasteiger partial charge in [0, 0.05) is 72.6 Å². The van der Waals surface area contributed by atoms with E-state index < -0.39 is 64.2 Å². The van der Waals surface area contributed by atoms with Gasteiger partial charge >= 0.3 is 180 Å². The minimum Gasteiger partial charge on any atom is -0.478 e. The number of hydrogen-bond acceptors (Lipinski definition) is 18. The fourth-order valence-electron chi connectivity index (χ4n) is 11.3. The van der Waals surface area contributed by atoms with Gasteiger partial charge in [0.05, 0.1) is 39.9 Å². The van der Waals surface area contributed by atoms with Gasteiger partial charge in [-0.1, -0.05) is 23.2 Å². The van der Waals surface area contributed by atoms with E-state index in [-0.39, 0.29) is 79.2 Å². The minimum atomic E-state index is -6.54. The number of ether oxygens (including phenoxy) is 3. The van der Waals surface area contributed by atoms with Gasteiger partial charge < -0.3 is 24.8 Å². The second kappa shape index (κ2) is 22.6. The van der Waals surface area contributed by atoms with Gasteiger partial charge in [-0.05, 0) is 62.3 Å². The zero-order chi connectivity index (χ0) is 54.4. The number of aromatic amines is 1. The number of aromatic carboxylic acids is 1. The normalized spacial score (nSPS) is 19.1. The van der Waals surface area contributed by atoms with Crippen molar-refractivity contribution >= 4 is 68.4 Å². The summed E-state index contributed by atoms with van der Waals surface area (Å²) in [6.45, 7) is -3.39. The molecule has 28 heteroatoms. The molecular formula is C49H53Cl2N5O18P3+. The molecule has 0 bridgehead atoms. The number of benzene rings is 3. The molecule has 1 fully saturated rings. The van der Waals surface area contributed by atoms with Crippen LogP contribution < -0.4 is 51.1 Å². The van der Waals surface area contributed by atoms with Gasteiger partial charge in [0.25, 0.3) is 5.91 Å². The first-order valence-corrected chi connectivity index (χ1v) is 31.4. The monoisotopic (exact) mass is 1160 g/mol. The second-order valence-electron chi connectivity index (χ2n) is 19.2. The molecule has 1 amide bonds. The molecule has 77 heavy (non-hydrogen) atoms. The van der Waals surface area contributed by atoms with Gasteiger partial charge in [0.1, 0.15) is 24.6 Å². The van der Waals surface area contributed by atoms with Crippen molar-refractivity contribution in [1.29, 1.82) is 0 Å². The molecule has 0 spiro atoms. The van der Waals surface area contributed by atoms with Gasteiger partial charge in [-0.3, -0.25) is 4.79 Å². The summed E-state index contributed by atoms with van der Waals surface area (Å²) in [5, 5.41) is 36.6. The molecule has 410 valence electrons. The Morgan fingerprint density at radius 2 is 1.70 bits per heavy atom. The van der Waals surface area contributed by atoms with Crippen molar-refractivity contribution in [2.24, 2.45) is 0 Å². The summed E-state index contributed by atoms with van der Waals surface area (Å²) >= 11 is 14.3. The average Bonchev–Trinajstić information content (AvgIpc) is 3.70. The molecule has 1 aromatic heterocycles. The van der Waals surface area contributed by atoms with Gasteiger partial charge in [-0.15, -0.1) is 0 Å². The number of amides is 1. The number of hydrogen-bond donors (Lipinski definition) is 5. The van der Waals surface area contributed by atoms with E-state index in [4.69, 9.17) is 47.2 Å². The van der Waals surface area contributed by atoms with Crippen LogP contribution in [0.15, 0.2) is 34.0 Å². The number of anilines is 1. The molecule has 1 saturated heterocycles. The van der Waals surface area contributed by atoms with Crippen LogP contribution in [-0.4, -0.2) is 95.7 Å². The zero-order valence-corrected chi connectivity index (χ0v) is 45.2. The van der Waals surface area contributed by atoms with E-state index in [0.29, 0.717) is 17.1 Å². The average molecular weight is 1160 g/mol. The summed E-state index contributed by atoms with van der Waals surface area (Å²) in [5.41, 5.74) is 5.45. The summed E-state index contributed by atoms with van der Waals surface area (Å²) < 4.78 is 58.5. The van der Waals surface area contributed by atoms with Crippen LogP contribution in [0.1, 0.15) is 112 Å². The zero-order valence-electron chi connectivity index (χ0n) is 41.0. The van der Waals surface area contributed by atoms with E-state index in [1.54, 1.807) is 0 Å². The van der Waals surface area contributed by atoms with Crippen LogP contribution in [-0.2, 0) is 69.6 Å². The predicted molar refractivity (Wildman–Crippen MR) is 276 cm³/mol. The first-order chi connectivity index (χ1) is 37.1. The fraction of sp³-hybridized carbons (Fsp3) is 0.449. The van der Waals surface area contributed by atoms with Gasteiger partial charge in [0.15, 0.2) is 0 Å². The molecule has 5 N–H and O–H groups in total. The van der Waals surface area contributed by atoms with Crippen molar-refractivity contribution < 1.29 is 78.7 Å². The maximum atomic E-state index is 14.1. The number of carboxylic acid groups (broad SMARTS) is 1. The first-order valence-electron chi connectivity index (χ1n) is 24.9. The third kappa shape index (κ3) is 9.96. The van der Waals surface area contributed by atoms with Gasteiger partial charge in [0.2, 0.25) is 5.36 Å². The van der Waals surface area contributed by atoms with E-state index in [0.717, 1.165) is 115 Å². The van der Waals surface area contributed by atoms with Crippen molar-refractivity contribution in [1.82, 2.24) is 19.4 Å². The third-order valence-corrected chi connectivity index (χ3v) is 25.1. The summed E-state index contributed by atoms with van der Waals surface area (Å²) in [6.07, 6.45) is 6.49. The topological polar surface area (TPSA) is 313 Å². The number of H-pyrrole nitrogens is 1. The summed E-state index contributed by atoms with van der Waals surface area (Å²) in [7, 11) is -8.79. The van der Waals surface area contributed by atoms with Gasteiger partial charge in [-0.25, -0.2) is 9.37 Å². The van der Waals surface area contributed by atoms with Crippen molar-refractivity contribution in [2.45, 2.75) is 89.4 Å². The maximum absolute atomic E-state index is 14.1. The SMILES string of the molecule is O=C(NCCOCCC#CCc1cn([C@H]2CC[C@@H](COP(OO)(OOO)([P+](=O)[O-])[P+](=O)[O-])O2)c(=O)[nH]c1=O)c1cc(Cl)c(C(=O)O)c(C2=c3cc4c5c(c3Oc3c2cc2c6c3CCCN6CCC2)CCC[N+]=5CCC4)c1Cl.[HH]. The Morgan fingerprint density at radius 1 is 0.961 bits per heavy atom. The van der Waals surface area contributed by atoms with Crippen molar-refractivity contribution in [3.63, 3.8) is 0 Å². The summed E-state index contributed by atoms with van der Waals surface area (Å²) in [5.74, 6) is 5.23. The number of fused-ring (bicyclic) bond motifs is 4. The Hall–Kier alpha value is -5.08. The number of nitrogens with one attached hydrogen (secondary N) is 2. The number of halogens is 2. The second-order valence-corrected chi connectivity index (χ2v) is 30.1. The van der Waals surface area contributed by atoms with E-state index in [1.165, 1.54) is 23.3 Å². The molecule has 4 aromatic rings. The number of carbonyl (C=O) groups excluding carboxylic acids is 1. The van der Waals surface area contributed by atoms with E-state index in [9.17, 15) is 48.5 Å². The Morgan fingerprint density at radius 3 is 2.44 bits per heavy atom. The molecular weight excluding hydrogens is 1110 g/mol. The minimum absolute atomic E-state index is 0. The molecule has 0 aliphatic carbocycles. The van der Waals surface area contributed by atoms with Gasteiger partial charge in [-0.2, -0.15) is 0 Å². The smallest absolute Gasteiger partial charge is 0.337 e. The van der Waals surface area contributed by atoms with Crippen LogP contribution in [0, 0.1) is 11.8 Å². The van der Waals surface area contributed by atoms with Crippen molar-refractivity contribution in [3.05, 3.63) is 116 Å². The standard InChI is InChI=1S/C49H50Cl2N5O18P3.H2/c50-36-24-35(47(58)52-15-21-68-20-3-1-2-8-29-25-56(49(61)53-46(29)57)37-14-13-30(70-37)26-69-77(73-63,74-72-62,75(64)65)76(66)67)41(51)40(39(36)48(59)60)38-33-22-27-9-4-16-54-18-6-11-31(42(27)54)44(33)71-45-32-12-7-19-55-17-5-10-28(43(32)55)23-34(38)45;/h22-25,30,37H,3-21,26H2,(H4-,52,53,57,58,59,60,61,62,63);1H/p+1/t30-,37+;/m0./s1. The van der Waals surface area contributed by atoms with E-state index >= 15 is 0 Å². The van der Waals surface area contributed by atoms with Crippen LogP contribution in [0.25, 0.3) is 5.57 Å². The first kappa shape index (κ1) is 55.2. The van der Waals surface area contributed by atoms with Crippen molar-refractivity contribution in [2.75, 3.05) is 57.4 Å². The van der Waals surface area contributed by atoms with Crippen LogP contribution in [0.2, 0.25) is 10.0 Å². The Labute approximate surface area is 450 Å². The molecule has 23 nitrogen and oxygen atoms in total. The quantitative estimate of drug-likeness (QED) is 0.0201. The third-order valence-electron chi connectivity index (χ3n) is 14.7. The number of nitrogens with zero attached hydrogens (tertiary/aromatic N) is 3. The summed E-state index contributed by atoms with van der Waals surface area (Å²) in [6, 6.07) is 5.53. The van der Waals surface area contributed by atoms with Crippen LogP contribution >= 0.6 is 45.3 Å². The molecule has 4 atom stereocenters. The fourth-order valence-corrected chi connectivity index (χ4v) is 16.4.